The Labute approximate surface area is 150 Å². The molecule has 0 unspecified atom stereocenters. The summed E-state index contributed by atoms with van der Waals surface area (Å²) in [5.41, 5.74) is 2.61. The van der Waals surface area contributed by atoms with E-state index in [4.69, 9.17) is 25.8 Å². The van der Waals surface area contributed by atoms with Gasteiger partial charge in [-0.2, -0.15) is 0 Å². The molecule has 7 heteroatoms. The van der Waals surface area contributed by atoms with Crippen LogP contribution in [0.3, 0.4) is 0 Å². The Kier molecular flexibility index (Phi) is 4.72. The molecule has 3 rings (SSSR count). The molecule has 1 aliphatic rings. The lowest BCUT2D eigenvalue weighted by Gasteiger charge is -2.14. The van der Waals surface area contributed by atoms with Crippen molar-refractivity contribution in [3.05, 3.63) is 46.2 Å². The zero-order chi connectivity index (χ0) is 18.1. The van der Waals surface area contributed by atoms with Crippen LogP contribution in [0.5, 0.6) is 5.75 Å². The first-order chi connectivity index (χ1) is 11.9. The van der Waals surface area contributed by atoms with Crippen LogP contribution in [-0.2, 0) is 14.3 Å². The number of hydrogen-bond acceptors (Lipinski definition) is 5. The number of hydrogen-bond donors (Lipinski definition) is 0. The normalized spacial score (nSPS) is 16.6. The number of rotatable bonds is 4. The summed E-state index contributed by atoms with van der Waals surface area (Å²) in [5, 5.41) is 0.557. The van der Waals surface area contributed by atoms with Gasteiger partial charge in [0.25, 0.3) is 0 Å². The summed E-state index contributed by atoms with van der Waals surface area (Å²) < 4.78 is 17.4. The zero-order valence-corrected chi connectivity index (χ0v) is 14.9. The van der Waals surface area contributed by atoms with Crippen LogP contribution in [0.15, 0.2) is 24.3 Å². The second-order valence-electron chi connectivity index (χ2n) is 5.79. The van der Waals surface area contributed by atoms with Gasteiger partial charge in [0.2, 0.25) is 6.10 Å². The molecule has 0 radical (unpaired) electrons. The number of methoxy groups -OCH3 is 1. The van der Waals surface area contributed by atoms with Crippen molar-refractivity contribution >= 4 is 23.5 Å². The third-order valence-corrected chi connectivity index (χ3v) is 4.40. The van der Waals surface area contributed by atoms with Crippen LogP contribution in [0.4, 0.5) is 0 Å². The van der Waals surface area contributed by atoms with Gasteiger partial charge in [-0.25, -0.2) is 9.59 Å². The number of aromatic nitrogens is 1. The minimum atomic E-state index is -0.837. The number of carbonyl (C=O) groups excluding carboxylic acids is 2. The molecule has 0 saturated carbocycles. The minimum absolute atomic E-state index is 0.273. The van der Waals surface area contributed by atoms with Gasteiger partial charge in [-0.3, -0.25) is 0 Å². The lowest BCUT2D eigenvalue weighted by atomic mass is 10.2. The molecular weight excluding hydrogens is 346 g/mol. The lowest BCUT2D eigenvalue weighted by Crippen LogP contribution is -2.23. The average Bonchev–Trinajstić information content (AvgIpc) is 3.10. The summed E-state index contributed by atoms with van der Waals surface area (Å²) in [6.07, 6.45) is -0.456. The molecule has 0 spiro atoms. The summed E-state index contributed by atoms with van der Waals surface area (Å²) in [4.78, 5) is 24.0. The van der Waals surface area contributed by atoms with Gasteiger partial charge >= 0.3 is 11.9 Å². The Balaban J connectivity index is 1.97. The summed E-state index contributed by atoms with van der Waals surface area (Å²) in [6, 6.07) is 6.99. The van der Waals surface area contributed by atoms with Crippen molar-refractivity contribution in [1.29, 1.82) is 0 Å². The van der Waals surface area contributed by atoms with E-state index in [2.05, 4.69) is 0 Å². The van der Waals surface area contributed by atoms with Crippen LogP contribution in [-0.4, -0.2) is 36.3 Å². The van der Waals surface area contributed by atoms with Gasteiger partial charge in [-0.05, 0) is 38.1 Å². The molecule has 6 nitrogen and oxygen atoms in total. The third-order valence-electron chi connectivity index (χ3n) is 4.17. The molecule has 1 atom stereocenters. The predicted octanol–water partition coefficient (Wildman–Crippen LogP) is 3.23. The molecule has 0 N–H and O–H groups in total. The van der Waals surface area contributed by atoms with Crippen LogP contribution in [0.1, 0.15) is 28.2 Å². The molecule has 2 heterocycles. The first-order valence-electron chi connectivity index (χ1n) is 7.83. The Morgan fingerprint density at radius 1 is 1.32 bits per heavy atom. The van der Waals surface area contributed by atoms with Crippen molar-refractivity contribution in [2.24, 2.45) is 0 Å². The second-order valence-corrected chi connectivity index (χ2v) is 6.22. The third kappa shape index (κ3) is 3.22. The van der Waals surface area contributed by atoms with E-state index in [1.54, 1.807) is 38.3 Å². The molecule has 2 aromatic rings. The van der Waals surface area contributed by atoms with Crippen molar-refractivity contribution in [3.8, 4) is 11.4 Å². The maximum Gasteiger partial charge on any atom is 0.347 e. The summed E-state index contributed by atoms with van der Waals surface area (Å²) in [7, 11) is 1.57. The smallest absolute Gasteiger partial charge is 0.347 e. The number of aryl methyl sites for hydroxylation is 1. The lowest BCUT2D eigenvalue weighted by molar-refractivity contribution is -0.145. The molecule has 25 heavy (non-hydrogen) atoms. The number of ether oxygens (including phenoxy) is 3. The first-order valence-corrected chi connectivity index (χ1v) is 8.20. The maximum atomic E-state index is 12.5. The Morgan fingerprint density at radius 2 is 2.08 bits per heavy atom. The highest BCUT2D eigenvalue weighted by Crippen LogP contribution is 2.31. The van der Waals surface area contributed by atoms with E-state index in [0.717, 1.165) is 11.4 Å². The van der Waals surface area contributed by atoms with Gasteiger partial charge in [0.05, 0.1) is 25.0 Å². The van der Waals surface area contributed by atoms with Crippen molar-refractivity contribution < 1.29 is 23.8 Å². The molecule has 1 aromatic heterocycles. The number of esters is 2. The molecule has 1 aliphatic heterocycles. The number of cyclic esters (lactones) is 1. The monoisotopic (exact) mass is 363 g/mol. The second kappa shape index (κ2) is 6.80. The number of halogens is 1. The molecule has 1 saturated heterocycles. The van der Waals surface area contributed by atoms with Crippen molar-refractivity contribution in [2.75, 3.05) is 13.7 Å². The zero-order valence-electron chi connectivity index (χ0n) is 14.2. The quantitative estimate of drug-likeness (QED) is 0.780. The number of nitrogens with zero attached hydrogens (tertiary/aromatic N) is 1. The van der Waals surface area contributed by atoms with Crippen molar-refractivity contribution in [1.82, 2.24) is 4.57 Å². The van der Waals surface area contributed by atoms with Gasteiger partial charge in [0, 0.05) is 22.8 Å². The van der Waals surface area contributed by atoms with E-state index >= 15 is 0 Å². The van der Waals surface area contributed by atoms with Gasteiger partial charge in [-0.1, -0.05) is 11.6 Å². The molecule has 0 amide bonds. The van der Waals surface area contributed by atoms with Crippen molar-refractivity contribution in [3.63, 3.8) is 0 Å². The van der Waals surface area contributed by atoms with Gasteiger partial charge in [0.1, 0.15) is 5.75 Å². The van der Waals surface area contributed by atoms with Crippen LogP contribution in [0.25, 0.3) is 5.69 Å². The minimum Gasteiger partial charge on any atom is -0.495 e. The van der Waals surface area contributed by atoms with Crippen LogP contribution in [0.2, 0.25) is 5.02 Å². The number of benzene rings is 1. The fourth-order valence-corrected chi connectivity index (χ4v) is 3.12. The highest BCUT2D eigenvalue weighted by Gasteiger charge is 2.31. The molecule has 132 valence electrons. The van der Waals surface area contributed by atoms with Gasteiger partial charge in [0.15, 0.2) is 0 Å². The van der Waals surface area contributed by atoms with Crippen LogP contribution in [0, 0.1) is 13.8 Å². The Hall–Kier alpha value is -2.47. The van der Waals surface area contributed by atoms with Crippen LogP contribution < -0.4 is 4.74 Å². The SMILES string of the molecule is COc1ccc(Cl)cc1-n1c(C)cc(C(=O)O[C@H]2CCOC2=O)c1C. The predicted molar refractivity (Wildman–Crippen MR) is 91.6 cm³/mol. The molecule has 1 aromatic carbocycles. The maximum absolute atomic E-state index is 12.5. The Bertz CT molecular complexity index is 842. The van der Waals surface area contributed by atoms with E-state index < -0.39 is 18.0 Å². The van der Waals surface area contributed by atoms with E-state index in [-0.39, 0.29) is 6.61 Å². The average molecular weight is 364 g/mol. The van der Waals surface area contributed by atoms with Gasteiger partial charge in [-0.15, -0.1) is 0 Å². The van der Waals surface area contributed by atoms with E-state index in [1.807, 2.05) is 11.5 Å². The fourth-order valence-electron chi connectivity index (χ4n) is 2.96. The highest BCUT2D eigenvalue weighted by molar-refractivity contribution is 6.30. The van der Waals surface area contributed by atoms with Crippen molar-refractivity contribution in [2.45, 2.75) is 26.4 Å². The molecular formula is C18H18ClNO5. The van der Waals surface area contributed by atoms with E-state index in [9.17, 15) is 9.59 Å². The summed E-state index contributed by atoms with van der Waals surface area (Å²) in [6.45, 7) is 3.94. The summed E-state index contributed by atoms with van der Waals surface area (Å²) >= 11 is 6.12. The molecule has 0 bridgehead atoms. The summed E-state index contributed by atoms with van der Waals surface area (Å²) in [5.74, 6) is -0.423. The van der Waals surface area contributed by atoms with Gasteiger partial charge < -0.3 is 18.8 Å². The van der Waals surface area contributed by atoms with Crippen LogP contribution >= 0.6 is 11.6 Å². The Morgan fingerprint density at radius 3 is 2.72 bits per heavy atom. The number of carbonyl (C=O) groups is 2. The molecule has 0 aliphatic carbocycles. The molecule has 1 fully saturated rings. The topological polar surface area (TPSA) is 66.8 Å². The largest absolute Gasteiger partial charge is 0.495 e. The highest BCUT2D eigenvalue weighted by atomic mass is 35.5. The standard InChI is InChI=1S/C18H18ClNO5/c1-10-8-13(17(21)25-16-6-7-24-18(16)22)11(2)20(10)14-9-12(19)4-5-15(14)23-3/h4-5,8-9,16H,6-7H2,1-3H3/t16-/m0/s1. The van der Waals surface area contributed by atoms with E-state index in [1.165, 1.54) is 0 Å². The van der Waals surface area contributed by atoms with E-state index in [0.29, 0.717) is 28.5 Å². The first kappa shape index (κ1) is 17.4. The fraction of sp³-hybridized carbons (Fsp3) is 0.333.